The smallest absolute Gasteiger partial charge is 0.188 e. The maximum absolute atomic E-state index is 10.4. The Bertz CT molecular complexity index is 548. The van der Waals surface area contributed by atoms with Gasteiger partial charge in [0, 0.05) is 17.8 Å². The molecule has 0 fully saturated rings. The lowest BCUT2D eigenvalue weighted by Crippen LogP contribution is -2.08. The highest BCUT2D eigenvalue weighted by Crippen LogP contribution is 2.29. The molecule has 2 rings (SSSR count). The van der Waals surface area contributed by atoms with E-state index in [1.54, 1.807) is 25.4 Å². The number of nitrogens with zero attached hydrogens (tertiary/aromatic N) is 1. The molecule has 0 amide bonds. The van der Waals surface area contributed by atoms with Gasteiger partial charge in [-0.25, -0.2) is 0 Å². The molecule has 0 aliphatic carbocycles. The first-order chi connectivity index (χ1) is 9.22. The maximum Gasteiger partial charge on any atom is 0.188 e. The Balaban J connectivity index is 2.30. The summed E-state index contributed by atoms with van der Waals surface area (Å²) < 4.78 is 11.2. The van der Waals surface area contributed by atoms with Crippen LogP contribution >= 0.6 is 15.9 Å². The van der Waals surface area contributed by atoms with Crippen molar-refractivity contribution in [3.8, 4) is 5.75 Å². The van der Waals surface area contributed by atoms with E-state index in [0.717, 1.165) is 10.0 Å². The molecule has 0 aliphatic rings. The van der Waals surface area contributed by atoms with Crippen LogP contribution in [0.3, 0.4) is 0 Å². The third kappa shape index (κ3) is 3.53. The normalized spacial score (nSPS) is 12.2. The molecule has 1 N–H and O–H groups in total. The number of rotatable bonds is 5. The molecular weight excluding hydrogens is 310 g/mol. The van der Waals surface area contributed by atoms with E-state index in [1.165, 1.54) is 0 Å². The molecule has 0 saturated carbocycles. The number of hydrogen-bond donors (Lipinski definition) is 1. The zero-order chi connectivity index (χ0) is 13.7. The number of pyridine rings is 1. The minimum absolute atomic E-state index is 0.115. The molecule has 0 radical (unpaired) electrons. The van der Waals surface area contributed by atoms with Gasteiger partial charge in [-0.3, -0.25) is 4.98 Å². The van der Waals surface area contributed by atoms with Gasteiger partial charge in [0.25, 0.3) is 0 Å². The number of ether oxygens (including phenoxy) is 2. The summed E-state index contributed by atoms with van der Waals surface area (Å²) >= 11 is 3.38. The Morgan fingerprint density at radius 2 is 2.16 bits per heavy atom. The zero-order valence-electron chi connectivity index (χ0n) is 10.4. The van der Waals surface area contributed by atoms with Crippen molar-refractivity contribution in [3.05, 3.63) is 58.3 Å². The first-order valence-electron chi connectivity index (χ1n) is 5.72. The van der Waals surface area contributed by atoms with Crippen molar-refractivity contribution >= 4 is 15.9 Å². The summed E-state index contributed by atoms with van der Waals surface area (Å²) in [6.45, 7) is 0.115. The fraction of sp³-hybridized carbons (Fsp3) is 0.214. The van der Waals surface area contributed by atoms with Crippen molar-refractivity contribution in [2.24, 2.45) is 0 Å². The quantitative estimate of drug-likeness (QED) is 0.859. The molecule has 0 saturated heterocycles. The van der Waals surface area contributed by atoms with Crippen molar-refractivity contribution in [3.63, 3.8) is 0 Å². The topological polar surface area (TPSA) is 51.6 Å². The molecule has 0 aliphatic heterocycles. The van der Waals surface area contributed by atoms with E-state index in [2.05, 4.69) is 20.9 Å². The first-order valence-corrected chi connectivity index (χ1v) is 6.52. The summed E-state index contributed by atoms with van der Waals surface area (Å²) in [5, 5.41) is 10.4. The van der Waals surface area contributed by atoms with Crippen LogP contribution in [0, 0.1) is 0 Å². The van der Waals surface area contributed by atoms with Crippen LogP contribution < -0.4 is 4.74 Å². The third-order valence-electron chi connectivity index (χ3n) is 2.56. The predicted octanol–water partition coefficient (Wildman–Crippen LogP) is 2.91. The number of halogens is 1. The largest absolute Gasteiger partial charge is 0.466 e. The molecule has 19 heavy (non-hydrogen) atoms. The van der Waals surface area contributed by atoms with Gasteiger partial charge in [-0.15, -0.1) is 0 Å². The van der Waals surface area contributed by atoms with Crippen molar-refractivity contribution in [2.75, 3.05) is 13.9 Å². The van der Waals surface area contributed by atoms with Crippen LogP contribution in [-0.4, -0.2) is 24.0 Å². The molecule has 1 unspecified atom stereocenters. The second-order valence-corrected chi connectivity index (χ2v) is 4.81. The highest BCUT2D eigenvalue weighted by Gasteiger charge is 2.17. The van der Waals surface area contributed by atoms with E-state index in [-0.39, 0.29) is 6.79 Å². The van der Waals surface area contributed by atoms with E-state index < -0.39 is 6.10 Å². The Labute approximate surface area is 120 Å². The second-order valence-electron chi connectivity index (χ2n) is 3.90. The number of aromatic nitrogens is 1. The summed E-state index contributed by atoms with van der Waals surface area (Å²) in [7, 11) is 1.54. The molecule has 0 spiro atoms. The zero-order valence-corrected chi connectivity index (χ0v) is 12.0. The van der Waals surface area contributed by atoms with Gasteiger partial charge in [0.2, 0.25) is 0 Å². The maximum atomic E-state index is 10.4. The van der Waals surface area contributed by atoms with Gasteiger partial charge in [0.15, 0.2) is 6.79 Å². The molecule has 0 bridgehead atoms. The van der Waals surface area contributed by atoms with Gasteiger partial charge < -0.3 is 14.6 Å². The van der Waals surface area contributed by atoms with E-state index >= 15 is 0 Å². The van der Waals surface area contributed by atoms with E-state index in [9.17, 15) is 5.11 Å². The Hall–Kier alpha value is -1.43. The SMILES string of the molecule is COCOc1cccnc1C(O)c1cccc(Br)c1. The van der Waals surface area contributed by atoms with Crippen molar-refractivity contribution in [2.45, 2.75) is 6.10 Å². The summed E-state index contributed by atoms with van der Waals surface area (Å²) in [5.74, 6) is 0.511. The minimum atomic E-state index is -0.842. The Morgan fingerprint density at radius 1 is 1.32 bits per heavy atom. The van der Waals surface area contributed by atoms with E-state index in [0.29, 0.717) is 11.4 Å². The predicted molar refractivity (Wildman–Crippen MR) is 74.9 cm³/mol. The summed E-state index contributed by atoms with van der Waals surface area (Å²) in [6.07, 6.45) is 0.779. The van der Waals surface area contributed by atoms with Gasteiger partial charge >= 0.3 is 0 Å². The summed E-state index contributed by atoms with van der Waals surface area (Å²) in [6, 6.07) is 11.0. The Kier molecular flexibility index (Phi) is 4.90. The van der Waals surface area contributed by atoms with Crippen molar-refractivity contribution in [1.29, 1.82) is 0 Å². The molecule has 100 valence electrons. The number of aliphatic hydroxyl groups is 1. The fourth-order valence-electron chi connectivity index (χ4n) is 1.69. The lowest BCUT2D eigenvalue weighted by Gasteiger charge is -2.15. The number of benzene rings is 1. The molecular formula is C14H14BrNO3. The molecule has 1 atom stereocenters. The van der Waals surface area contributed by atoms with Gasteiger partial charge in [-0.1, -0.05) is 28.1 Å². The fourth-order valence-corrected chi connectivity index (χ4v) is 2.10. The molecule has 1 aromatic carbocycles. The van der Waals surface area contributed by atoms with Gasteiger partial charge in [0.1, 0.15) is 17.5 Å². The number of hydrogen-bond acceptors (Lipinski definition) is 4. The average molecular weight is 324 g/mol. The van der Waals surface area contributed by atoms with Crippen LogP contribution in [0.15, 0.2) is 47.1 Å². The first kappa shape index (κ1) is 14.0. The Morgan fingerprint density at radius 3 is 2.89 bits per heavy atom. The van der Waals surface area contributed by atoms with Gasteiger partial charge in [-0.2, -0.15) is 0 Å². The second kappa shape index (κ2) is 6.65. The standard InChI is InChI=1S/C14H14BrNO3/c1-18-9-19-12-6-3-7-16-13(12)14(17)10-4-2-5-11(15)8-10/h2-8,14,17H,9H2,1H3. The van der Waals surface area contributed by atoms with Gasteiger partial charge in [-0.05, 0) is 29.8 Å². The molecule has 1 aromatic heterocycles. The summed E-state index contributed by atoms with van der Waals surface area (Å²) in [4.78, 5) is 4.19. The highest BCUT2D eigenvalue weighted by atomic mass is 79.9. The van der Waals surface area contributed by atoms with Crippen LogP contribution in [0.4, 0.5) is 0 Å². The number of aliphatic hydroxyl groups excluding tert-OH is 1. The summed E-state index contributed by atoms with van der Waals surface area (Å²) in [5.41, 5.74) is 1.22. The molecule has 4 nitrogen and oxygen atoms in total. The molecule has 5 heteroatoms. The van der Waals surface area contributed by atoms with Crippen LogP contribution in [0.25, 0.3) is 0 Å². The lowest BCUT2D eigenvalue weighted by molar-refractivity contribution is 0.0482. The monoisotopic (exact) mass is 323 g/mol. The van der Waals surface area contributed by atoms with Crippen LogP contribution in [0.2, 0.25) is 0 Å². The highest BCUT2D eigenvalue weighted by molar-refractivity contribution is 9.10. The van der Waals surface area contributed by atoms with E-state index in [1.807, 2.05) is 24.3 Å². The van der Waals surface area contributed by atoms with Crippen molar-refractivity contribution in [1.82, 2.24) is 4.98 Å². The van der Waals surface area contributed by atoms with Crippen LogP contribution in [0.5, 0.6) is 5.75 Å². The lowest BCUT2D eigenvalue weighted by atomic mass is 10.1. The van der Waals surface area contributed by atoms with E-state index in [4.69, 9.17) is 9.47 Å². The van der Waals surface area contributed by atoms with Crippen LogP contribution in [-0.2, 0) is 4.74 Å². The third-order valence-corrected chi connectivity index (χ3v) is 3.05. The van der Waals surface area contributed by atoms with Crippen molar-refractivity contribution < 1.29 is 14.6 Å². The minimum Gasteiger partial charge on any atom is -0.466 e. The number of methoxy groups -OCH3 is 1. The molecule has 1 heterocycles. The van der Waals surface area contributed by atoms with Crippen LogP contribution in [0.1, 0.15) is 17.4 Å². The van der Waals surface area contributed by atoms with Gasteiger partial charge in [0.05, 0.1) is 0 Å². The average Bonchev–Trinajstić information content (AvgIpc) is 2.44. The molecule has 2 aromatic rings.